The number of carbonyl (C=O) groups is 1. The van der Waals surface area contributed by atoms with E-state index >= 15 is 0 Å². The predicted molar refractivity (Wildman–Crippen MR) is 21.8 cm³/mol. The van der Waals surface area contributed by atoms with Gasteiger partial charge in [-0.3, -0.25) is 0 Å². The van der Waals surface area contributed by atoms with E-state index in [0.29, 0.717) is 0 Å². The third-order valence-corrected chi connectivity index (χ3v) is 1.08. The van der Waals surface area contributed by atoms with Gasteiger partial charge in [-0.05, 0) is 0 Å². The molecule has 1 N–H and O–H groups in total. The average molecular weight is 309 g/mol. The second-order valence-electron chi connectivity index (χ2n) is 1.21. The van der Waals surface area contributed by atoms with Crippen LogP contribution in [0, 0.1) is 0 Å². The predicted octanol–water partition coefficient (Wildman–Crippen LogP) is -0.577. The molecule has 5 nitrogen and oxygen atoms in total. The summed E-state index contributed by atoms with van der Waals surface area (Å²) in [7, 11) is 0. The van der Waals surface area contributed by atoms with Crippen molar-refractivity contribution in [1.82, 2.24) is 15.4 Å². The van der Waals surface area contributed by atoms with Crippen LogP contribution in [-0.4, -0.2) is 21.4 Å². The fourth-order valence-electron chi connectivity index (χ4n) is 0.333. The molecule has 6 heteroatoms. The number of hydrogen-bond acceptors (Lipinski definition) is 4. The Morgan fingerprint density at radius 3 is 3.11 bits per heavy atom. The summed E-state index contributed by atoms with van der Waals surface area (Å²) in [6, 6.07) is 0. The summed E-state index contributed by atoms with van der Waals surface area (Å²) in [6.07, 6.45) is 1.36. The third kappa shape index (κ3) is 1.38. The zero-order chi connectivity index (χ0) is 6.69. The summed E-state index contributed by atoms with van der Waals surface area (Å²) in [5, 5.41) is 9.08. The van der Waals surface area contributed by atoms with Gasteiger partial charge in [0, 0.05) is 0 Å². The van der Waals surface area contributed by atoms with Gasteiger partial charge in [0.2, 0.25) is 0 Å². The number of aromatic nitrogens is 3. The summed E-state index contributed by atoms with van der Waals surface area (Å²) >= 11 is 1.65. The van der Waals surface area contributed by atoms with Crippen molar-refractivity contribution < 1.29 is 29.5 Å². The van der Waals surface area contributed by atoms with E-state index in [2.05, 4.69) is 18.7 Å². The van der Waals surface area contributed by atoms with Gasteiger partial charge in [0.15, 0.2) is 0 Å². The van der Waals surface area contributed by atoms with Gasteiger partial charge in [-0.25, -0.2) is 0 Å². The molecule has 0 atom stereocenters. The fourth-order valence-corrected chi connectivity index (χ4v) is 0.559. The maximum atomic E-state index is 10.5. The molecule has 0 spiro atoms. The number of nitrogens with zero attached hydrogens (tertiary/aromatic N) is 2. The molecule has 0 saturated heterocycles. The molecule has 9 heavy (non-hydrogen) atoms. The molecule has 0 amide bonds. The van der Waals surface area contributed by atoms with Crippen LogP contribution in [0.4, 0.5) is 0 Å². The molecule has 52 valence electrons. The van der Waals surface area contributed by atoms with Crippen LogP contribution >= 0.6 is 0 Å². The van der Waals surface area contributed by atoms with E-state index in [1.54, 1.807) is 21.5 Å². The molecule has 0 bridgehead atoms. The molecule has 0 aromatic carbocycles. The Morgan fingerprint density at radius 1 is 1.89 bits per heavy atom. The van der Waals surface area contributed by atoms with Gasteiger partial charge in [-0.2, -0.15) is 0 Å². The number of hydrogen-bond donors (Lipinski definition) is 1. The van der Waals surface area contributed by atoms with E-state index in [0.717, 1.165) is 0 Å². The standard InChI is InChI=1S/C3H3N3O2.Au/c7-3(8)2-1-4-6-5-2;/h1H,(H,7,8)(H,4,5,6);/q;+1/p-1. The van der Waals surface area contributed by atoms with Gasteiger partial charge in [-0.1, -0.05) is 0 Å². The summed E-state index contributed by atoms with van der Waals surface area (Å²) in [5.74, 6) is -0.507. The molecular weight excluding hydrogens is 307 g/mol. The molecular formula is C3H2AuN3O2. The quantitative estimate of drug-likeness (QED) is 0.705. The van der Waals surface area contributed by atoms with E-state index < -0.39 is 5.97 Å². The van der Waals surface area contributed by atoms with Crippen LogP contribution in [0.25, 0.3) is 0 Å². The molecule has 0 fully saturated rings. The first-order valence-corrected chi connectivity index (χ1v) is 2.89. The molecule has 0 aliphatic carbocycles. The molecule has 1 aromatic rings. The van der Waals surface area contributed by atoms with Crippen LogP contribution in [0.1, 0.15) is 10.5 Å². The number of H-pyrrole nitrogens is 1. The zero-order valence-electron chi connectivity index (χ0n) is 4.09. The molecule has 0 aliphatic rings. The number of carbonyl (C=O) groups excluding carboxylic acids is 1. The Morgan fingerprint density at radius 2 is 2.67 bits per heavy atom. The van der Waals surface area contributed by atoms with E-state index in [1.807, 2.05) is 0 Å². The summed E-state index contributed by atoms with van der Waals surface area (Å²) in [5.41, 5.74) is 0.178. The molecule has 1 aromatic heterocycles. The van der Waals surface area contributed by atoms with Crippen LogP contribution in [0.3, 0.4) is 0 Å². The second-order valence-corrected chi connectivity index (χ2v) is 1.65. The van der Waals surface area contributed by atoms with Gasteiger partial charge < -0.3 is 0 Å². The zero-order valence-corrected chi connectivity index (χ0v) is 6.26. The van der Waals surface area contributed by atoms with E-state index in [-0.39, 0.29) is 5.69 Å². The van der Waals surface area contributed by atoms with Crippen molar-refractivity contribution in [2.75, 3.05) is 0 Å². The van der Waals surface area contributed by atoms with Gasteiger partial charge in [0.25, 0.3) is 0 Å². The minimum absolute atomic E-state index is 0.178. The maximum absolute atomic E-state index is 10.5. The SMILES string of the molecule is O=C([O][Au])c1c[nH]nn1. The van der Waals surface area contributed by atoms with Crippen LogP contribution in [-0.2, 0) is 24.7 Å². The molecule has 1 heterocycles. The molecule has 0 unspecified atom stereocenters. The van der Waals surface area contributed by atoms with Crippen molar-refractivity contribution in [2.24, 2.45) is 0 Å². The van der Waals surface area contributed by atoms with Crippen LogP contribution < -0.4 is 0 Å². The Hall–Kier alpha value is -0.650. The van der Waals surface area contributed by atoms with Crippen molar-refractivity contribution in [3.63, 3.8) is 0 Å². The van der Waals surface area contributed by atoms with E-state index in [1.165, 1.54) is 6.20 Å². The molecule has 0 radical (unpaired) electrons. The Labute approximate surface area is 63.2 Å². The first-order chi connectivity index (χ1) is 4.34. The molecule has 1 rings (SSSR count). The summed E-state index contributed by atoms with van der Waals surface area (Å²) < 4.78 is 4.28. The number of aromatic amines is 1. The van der Waals surface area contributed by atoms with E-state index in [9.17, 15) is 4.79 Å². The van der Waals surface area contributed by atoms with Gasteiger partial charge in [0.1, 0.15) is 0 Å². The normalized spacial score (nSPS) is 9.11. The Kier molecular flexibility index (Phi) is 1.99. The average Bonchev–Trinajstić information content (AvgIpc) is 2.37. The van der Waals surface area contributed by atoms with Gasteiger partial charge in [0.05, 0.1) is 0 Å². The Balaban J connectivity index is 2.77. The van der Waals surface area contributed by atoms with Crippen LogP contribution in [0.5, 0.6) is 0 Å². The fraction of sp³-hybridized carbons (Fsp3) is 0. The number of rotatable bonds is 1. The van der Waals surface area contributed by atoms with Crippen LogP contribution in [0.2, 0.25) is 0 Å². The van der Waals surface area contributed by atoms with Crippen molar-refractivity contribution in [3.8, 4) is 0 Å². The number of nitrogens with one attached hydrogen (secondary N) is 1. The molecule has 0 saturated carbocycles. The topological polar surface area (TPSA) is 67.9 Å². The van der Waals surface area contributed by atoms with Crippen molar-refractivity contribution in [3.05, 3.63) is 11.9 Å². The third-order valence-electron chi connectivity index (χ3n) is 0.682. The second kappa shape index (κ2) is 2.77. The van der Waals surface area contributed by atoms with Gasteiger partial charge >= 0.3 is 62.8 Å². The minimum atomic E-state index is -0.507. The summed E-state index contributed by atoms with van der Waals surface area (Å²) in [4.78, 5) is 10.5. The monoisotopic (exact) mass is 309 g/mol. The summed E-state index contributed by atoms with van der Waals surface area (Å²) in [6.45, 7) is 0. The van der Waals surface area contributed by atoms with Crippen molar-refractivity contribution in [1.29, 1.82) is 0 Å². The van der Waals surface area contributed by atoms with Crippen molar-refractivity contribution in [2.45, 2.75) is 0 Å². The first-order valence-electron chi connectivity index (χ1n) is 2.01. The Bertz CT molecular complexity index is 197. The molecule has 0 aliphatic heterocycles. The van der Waals surface area contributed by atoms with E-state index in [4.69, 9.17) is 0 Å². The van der Waals surface area contributed by atoms with Crippen LogP contribution in [0.15, 0.2) is 6.20 Å². The van der Waals surface area contributed by atoms with Gasteiger partial charge in [-0.15, -0.1) is 0 Å². The first kappa shape index (κ1) is 6.47. The van der Waals surface area contributed by atoms with Crippen molar-refractivity contribution >= 4 is 5.97 Å².